The summed E-state index contributed by atoms with van der Waals surface area (Å²) in [5.74, 6) is -0.281. The molecule has 8 nitrogen and oxygen atoms in total. The number of aromatic nitrogens is 3. The summed E-state index contributed by atoms with van der Waals surface area (Å²) in [6.45, 7) is 4.51. The smallest absolute Gasteiger partial charge is 0.329 e. The fraction of sp³-hybridized carbons (Fsp3) is 0.440. The third kappa shape index (κ3) is 4.52. The molecule has 2 fully saturated rings. The number of pyridine rings is 1. The zero-order chi connectivity index (χ0) is 23.8. The number of halogens is 1. The Bertz CT molecular complexity index is 1340. The highest BCUT2D eigenvalue weighted by atomic mass is 19.1. The van der Waals surface area contributed by atoms with Crippen molar-refractivity contribution in [3.63, 3.8) is 0 Å². The number of fused-ring (bicyclic) bond motifs is 1. The van der Waals surface area contributed by atoms with Crippen molar-refractivity contribution in [3.05, 3.63) is 73.8 Å². The van der Waals surface area contributed by atoms with Gasteiger partial charge < -0.3 is 5.32 Å². The number of nitrogens with zero attached hydrogens (tertiary/aromatic N) is 3. The van der Waals surface area contributed by atoms with Gasteiger partial charge in [-0.15, -0.1) is 0 Å². The maximum atomic E-state index is 13.3. The second-order valence-corrected chi connectivity index (χ2v) is 9.22. The molecule has 2 N–H and O–H groups in total. The van der Waals surface area contributed by atoms with E-state index in [4.69, 9.17) is 0 Å². The van der Waals surface area contributed by atoms with Crippen molar-refractivity contribution < 1.29 is 9.18 Å². The molecule has 9 heteroatoms. The third-order valence-corrected chi connectivity index (χ3v) is 6.77. The van der Waals surface area contributed by atoms with E-state index in [0.29, 0.717) is 6.54 Å². The first-order chi connectivity index (χ1) is 16.4. The van der Waals surface area contributed by atoms with Gasteiger partial charge in [0.05, 0.1) is 10.9 Å². The van der Waals surface area contributed by atoms with Crippen molar-refractivity contribution in [2.45, 2.75) is 57.7 Å². The van der Waals surface area contributed by atoms with Crippen LogP contribution in [0.25, 0.3) is 11.0 Å². The van der Waals surface area contributed by atoms with Crippen LogP contribution in [0.4, 0.5) is 4.39 Å². The highest BCUT2D eigenvalue weighted by molar-refractivity contribution is 6.05. The molecule has 0 bridgehead atoms. The van der Waals surface area contributed by atoms with E-state index in [1.165, 1.54) is 16.7 Å². The van der Waals surface area contributed by atoms with Gasteiger partial charge in [0.15, 0.2) is 5.65 Å². The summed E-state index contributed by atoms with van der Waals surface area (Å²) in [6, 6.07) is 8.23. The minimum atomic E-state index is -0.584. The second kappa shape index (κ2) is 9.13. The van der Waals surface area contributed by atoms with Gasteiger partial charge in [0.25, 0.3) is 11.5 Å². The lowest BCUT2D eigenvalue weighted by atomic mass is 10.0. The first-order valence-corrected chi connectivity index (χ1v) is 11.9. The normalized spacial score (nSPS) is 17.2. The standard InChI is InChI=1S/C25H28FN5O3/c1-2-31-22-21(24(33)29-25(31)34)19(13-20(28-22)16-5-6-16)23(32)27-18-9-11-30(12-10-18)14-15-3-7-17(26)8-4-15/h3-4,7-8,13,16,18H,2,5-6,9-12,14H2,1H3,(H,27,32)(H,29,33,34). The molecule has 1 saturated carbocycles. The molecule has 2 aliphatic rings. The van der Waals surface area contributed by atoms with E-state index in [-0.39, 0.29) is 40.3 Å². The van der Waals surface area contributed by atoms with Crippen molar-refractivity contribution in [2.75, 3.05) is 13.1 Å². The number of carbonyl (C=O) groups excluding carboxylic acids is 1. The number of amides is 1. The molecular formula is C25H28FN5O3. The van der Waals surface area contributed by atoms with Crippen LogP contribution in [-0.4, -0.2) is 44.5 Å². The van der Waals surface area contributed by atoms with E-state index in [1.807, 2.05) is 6.92 Å². The SMILES string of the molecule is CCn1c(=O)[nH]c(=O)c2c(C(=O)NC3CCN(Cc4ccc(F)cc4)CC3)cc(C3CC3)nc21. The number of hydrogen-bond donors (Lipinski definition) is 2. The first kappa shape index (κ1) is 22.5. The van der Waals surface area contributed by atoms with Crippen LogP contribution < -0.4 is 16.6 Å². The number of hydrogen-bond acceptors (Lipinski definition) is 5. The molecule has 0 atom stereocenters. The Morgan fingerprint density at radius 1 is 1.15 bits per heavy atom. The quantitative estimate of drug-likeness (QED) is 0.583. The van der Waals surface area contributed by atoms with Gasteiger partial charge in [-0.05, 0) is 56.4 Å². The molecule has 5 rings (SSSR count). The summed E-state index contributed by atoms with van der Waals surface area (Å²) >= 11 is 0. The van der Waals surface area contributed by atoms with E-state index in [0.717, 1.165) is 56.6 Å². The number of likely N-dealkylation sites (tertiary alicyclic amines) is 1. The summed E-state index contributed by atoms with van der Waals surface area (Å²) in [5, 5.41) is 3.27. The number of piperidine rings is 1. The van der Waals surface area contributed by atoms with Crippen LogP contribution in [-0.2, 0) is 13.1 Å². The Kier molecular flexibility index (Phi) is 6.03. The lowest BCUT2D eigenvalue weighted by molar-refractivity contribution is 0.0910. The van der Waals surface area contributed by atoms with E-state index < -0.39 is 11.2 Å². The highest BCUT2D eigenvalue weighted by Crippen LogP contribution is 2.39. The Hall–Kier alpha value is -3.33. The predicted octanol–water partition coefficient (Wildman–Crippen LogP) is 2.52. The molecule has 178 valence electrons. The van der Waals surface area contributed by atoms with E-state index in [9.17, 15) is 18.8 Å². The lowest BCUT2D eigenvalue weighted by Crippen LogP contribution is -2.44. The van der Waals surface area contributed by atoms with Crippen LogP contribution >= 0.6 is 0 Å². The molecule has 0 radical (unpaired) electrons. The van der Waals surface area contributed by atoms with Gasteiger partial charge in [0.1, 0.15) is 5.82 Å². The van der Waals surface area contributed by atoms with Gasteiger partial charge in [0, 0.05) is 43.8 Å². The van der Waals surface area contributed by atoms with Gasteiger partial charge in [-0.2, -0.15) is 0 Å². The number of aromatic amines is 1. The molecule has 0 unspecified atom stereocenters. The van der Waals surface area contributed by atoms with Gasteiger partial charge in [-0.25, -0.2) is 14.2 Å². The largest absolute Gasteiger partial charge is 0.349 e. The highest BCUT2D eigenvalue weighted by Gasteiger charge is 2.29. The summed E-state index contributed by atoms with van der Waals surface area (Å²) in [5.41, 5.74) is 1.28. The maximum Gasteiger partial charge on any atom is 0.329 e. The third-order valence-electron chi connectivity index (χ3n) is 6.77. The van der Waals surface area contributed by atoms with Crippen molar-refractivity contribution in [3.8, 4) is 0 Å². The Morgan fingerprint density at radius 3 is 2.50 bits per heavy atom. The molecular weight excluding hydrogens is 437 g/mol. The Balaban J connectivity index is 1.34. The molecule has 1 amide bonds. The van der Waals surface area contributed by atoms with Crippen molar-refractivity contribution in [1.29, 1.82) is 0 Å². The number of H-pyrrole nitrogens is 1. The number of benzene rings is 1. The van der Waals surface area contributed by atoms with E-state index in [2.05, 4.69) is 20.2 Å². The monoisotopic (exact) mass is 465 g/mol. The summed E-state index contributed by atoms with van der Waals surface area (Å²) < 4.78 is 14.5. The minimum absolute atomic E-state index is 0.0132. The number of rotatable bonds is 6. The van der Waals surface area contributed by atoms with Crippen LogP contribution in [0.5, 0.6) is 0 Å². The van der Waals surface area contributed by atoms with Crippen molar-refractivity contribution in [2.24, 2.45) is 0 Å². The van der Waals surface area contributed by atoms with Crippen LogP contribution in [0, 0.1) is 5.82 Å². The van der Waals surface area contributed by atoms with Crippen molar-refractivity contribution >= 4 is 16.9 Å². The average Bonchev–Trinajstić information content (AvgIpc) is 3.67. The van der Waals surface area contributed by atoms with Crippen molar-refractivity contribution in [1.82, 2.24) is 24.8 Å². The van der Waals surface area contributed by atoms with E-state index in [1.54, 1.807) is 18.2 Å². The number of aryl methyl sites for hydroxylation is 1. The fourth-order valence-corrected chi connectivity index (χ4v) is 4.70. The number of nitrogens with one attached hydrogen (secondary N) is 2. The van der Waals surface area contributed by atoms with Crippen LogP contribution in [0.15, 0.2) is 39.9 Å². The van der Waals surface area contributed by atoms with Gasteiger partial charge >= 0.3 is 5.69 Å². The second-order valence-electron chi connectivity index (χ2n) is 9.22. The lowest BCUT2D eigenvalue weighted by Gasteiger charge is -2.32. The Labute approximate surface area is 195 Å². The fourth-order valence-electron chi connectivity index (χ4n) is 4.70. The molecule has 3 aromatic rings. The number of carbonyl (C=O) groups is 1. The van der Waals surface area contributed by atoms with Gasteiger partial charge in [-0.1, -0.05) is 12.1 Å². The summed E-state index contributed by atoms with van der Waals surface area (Å²) in [7, 11) is 0. The topological polar surface area (TPSA) is 100 Å². The molecule has 34 heavy (non-hydrogen) atoms. The molecule has 1 saturated heterocycles. The minimum Gasteiger partial charge on any atom is -0.349 e. The summed E-state index contributed by atoms with van der Waals surface area (Å²) in [4.78, 5) is 47.6. The maximum absolute atomic E-state index is 13.3. The Morgan fingerprint density at radius 2 is 1.85 bits per heavy atom. The first-order valence-electron chi connectivity index (χ1n) is 11.9. The molecule has 3 heterocycles. The van der Waals surface area contributed by atoms with E-state index >= 15 is 0 Å². The predicted molar refractivity (Wildman–Crippen MR) is 126 cm³/mol. The molecule has 1 aliphatic carbocycles. The van der Waals surface area contributed by atoms with Crippen LogP contribution in [0.1, 0.15) is 60.1 Å². The summed E-state index contributed by atoms with van der Waals surface area (Å²) in [6.07, 6.45) is 3.54. The molecule has 0 spiro atoms. The molecule has 1 aromatic carbocycles. The zero-order valence-electron chi connectivity index (χ0n) is 19.1. The van der Waals surface area contributed by atoms with Gasteiger partial charge in [0.2, 0.25) is 0 Å². The van der Waals surface area contributed by atoms with Crippen LogP contribution in [0.3, 0.4) is 0 Å². The van der Waals surface area contributed by atoms with Gasteiger partial charge in [-0.3, -0.25) is 24.0 Å². The van der Waals surface area contributed by atoms with Crippen LogP contribution in [0.2, 0.25) is 0 Å². The zero-order valence-corrected chi connectivity index (χ0v) is 19.1. The molecule has 2 aromatic heterocycles. The average molecular weight is 466 g/mol. The molecule has 1 aliphatic heterocycles.